The molecule has 1 aromatic heterocycles. The van der Waals surface area contributed by atoms with E-state index >= 15 is 0 Å². The Morgan fingerprint density at radius 2 is 1.95 bits per heavy atom. The van der Waals surface area contributed by atoms with Crippen LogP contribution in [0.2, 0.25) is 0 Å². The highest BCUT2D eigenvalue weighted by Gasteiger charge is 2.42. The molecule has 0 aliphatic heterocycles. The van der Waals surface area contributed by atoms with Gasteiger partial charge < -0.3 is 9.47 Å². The van der Waals surface area contributed by atoms with Gasteiger partial charge in [-0.1, -0.05) is 25.7 Å². The molecule has 2 rings (SSSR count). The molecule has 5 heteroatoms. The fraction of sp³-hybridized carbons (Fsp3) is 0.750. The first-order valence-electron chi connectivity index (χ1n) is 7.97. The quantitative estimate of drug-likeness (QED) is 0.597. The third kappa shape index (κ3) is 3.12. The van der Waals surface area contributed by atoms with Gasteiger partial charge in [0.1, 0.15) is 11.3 Å². The van der Waals surface area contributed by atoms with Gasteiger partial charge in [-0.25, -0.2) is 0 Å². The van der Waals surface area contributed by atoms with Crippen molar-refractivity contribution in [2.45, 2.75) is 64.5 Å². The van der Waals surface area contributed by atoms with Crippen LogP contribution in [-0.2, 0) is 11.3 Å². The Kier molecular flexibility index (Phi) is 5.39. The summed E-state index contributed by atoms with van der Waals surface area (Å²) in [7, 11) is 1.58. The van der Waals surface area contributed by atoms with Crippen LogP contribution < -0.4 is 4.74 Å². The molecule has 1 saturated carbocycles. The number of hydrogen-bond acceptors (Lipinski definition) is 4. The van der Waals surface area contributed by atoms with E-state index in [1.165, 1.54) is 12.8 Å². The second kappa shape index (κ2) is 7.07. The van der Waals surface area contributed by atoms with Crippen LogP contribution in [0.1, 0.15) is 62.9 Å². The standard InChI is InChI=1S/C16H26N2O3/c1-4-18-14(13(20-3)12-17-18)15(19)16(21-5-2)10-8-6-7-9-11-16/h12H,4-11H2,1-3H3. The molecule has 118 valence electrons. The molecule has 1 fully saturated rings. The van der Waals surface area contributed by atoms with Gasteiger partial charge in [-0.15, -0.1) is 0 Å². The lowest BCUT2D eigenvalue weighted by Gasteiger charge is -2.31. The number of aromatic nitrogens is 2. The number of nitrogens with zero attached hydrogens (tertiary/aromatic N) is 2. The van der Waals surface area contributed by atoms with E-state index in [1.807, 2.05) is 13.8 Å². The second-order valence-electron chi connectivity index (χ2n) is 5.55. The minimum Gasteiger partial charge on any atom is -0.493 e. The molecular formula is C16H26N2O3. The molecular weight excluding hydrogens is 268 g/mol. The maximum Gasteiger partial charge on any atom is 0.216 e. The third-order valence-electron chi connectivity index (χ3n) is 4.29. The topological polar surface area (TPSA) is 53.4 Å². The third-order valence-corrected chi connectivity index (χ3v) is 4.29. The molecule has 0 spiro atoms. The van der Waals surface area contributed by atoms with Gasteiger partial charge in [0.25, 0.3) is 0 Å². The predicted molar refractivity (Wildman–Crippen MR) is 80.8 cm³/mol. The summed E-state index contributed by atoms with van der Waals surface area (Å²) in [5.41, 5.74) is -0.152. The van der Waals surface area contributed by atoms with E-state index < -0.39 is 5.60 Å². The number of carbonyl (C=O) groups excluding carboxylic acids is 1. The zero-order valence-corrected chi connectivity index (χ0v) is 13.4. The van der Waals surface area contributed by atoms with Crippen molar-refractivity contribution >= 4 is 5.78 Å². The number of hydrogen-bond donors (Lipinski definition) is 0. The minimum absolute atomic E-state index is 0.0300. The van der Waals surface area contributed by atoms with Crippen molar-refractivity contribution in [1.82, 2.24) is 9.78 Å². The Hall–Kier alpha value is -1.36. The first-order chi connectivity index (χ1) is 10.2. The zero-order chi connectivity index (χ0) is 15.3. The van der Waals surface area contributed by atoms with Gasteiger partial charge in [0.2, 0.25) is 5.78 Å². The van der Waals surface area contributed by atoms with E-state index in [0.29, 0.717) is 24.6 Å². The van der Waals surface area contributed by atoms with E-state index in [0.717, 1.165) is 25.7 Å². The molecule has 21 heavy (non-hydrogen) atoms. The summed E-state index contributed by atoms with van der Waals surface area (Å²) in [4.78, 5) is 13.2. The normalized spacial score (nSPS) is 18.2. The largest absolute Gasteiger partial charge is 0.493 e. The number of aryl methyl sites for hydroxylation is 1. The van der Waals surface area contributed by atoms with Gasteiger partial charge in [-0.3, -0.25) is 9.48 Å². The average Bonchev–Trinajstić information content (AvgIpc) is 2.77. The van der Waals surface area contributed by atoms with Crippen molar-refractivity contribution in [3.05, 3.63) is 11.9 Å². The first kappa shape index (κ1) is 16.0. The van der Waals surface area contributed by atoms with Crippen LogP contribution in [-0.4, -0.2) is 34.9 Å². The smallest absolute Gasteiger partial charge is 0.216 e. The summed E-state index contributed by atoms with van der Waals surface area (Å²) in [6, 6.07) is 0. The van der Waals surface area contributed by atoms with Crippen LogP contribution in [0.15, 0.2) is 6.20 Å². The van der Waals surface area contributed by atoms with Crippen molar-refractivity contribution < 1.29 is 14.3 Å². The SMILES string of the molecule is CCOC1(C(=O)c2c(OC)cnn2CC)CCCCCC1. The van der Waals surface area contributed by atoms with Gasteiger partial charge in [0.15, 0.2) is 5.75 Å². The molecule has 1 aromatic rings. The molecule has 1 heterocycles. The average molecular weight is 294 g/mol. The van der Waals surface area contributed by atoms with E-state index in [1.54, 1.807) is 18.0 Å². The summed E-state index contributed by atoms with van der Waals surface area (Å²) >= 11 is 0. The van der Waals surface area contributed by atoms with Crippen molar-refractivity contribution in [2.24, 2.45) is 0 Å². The van der Waals surface area contributed by atoms with Gasteiger partial charge in [-0.05, 0) is 26.7 Å². The highest BCUT2D eigenvalue weighted by Crippen LogP contribution is 2.35. The van der Waals surface area contributed by atoms with Crippen LogP contribution in [0.3, 0.4) is 0 Å². The van der Waals surface area contributed by atoms with E-state index in [2.05, 4.69) is 5.10 Å². The van der Waals surface area contributed by atoms with Crippen molar-refractivity contribution in [2.75, 3.05) is 13.7 Å². The maximum atomic E-state index is 13.2. The molecule has 0 amide bonds. The monoisotopic (exact) mass is 294 g/mol. The van der Waals surface area contributed by atoms with Crippen LogP contribution >= 0.6 is 0 Å². The lowest BCUT2D eigenvalue weighted by atomic mass is 9.87. The summed E-state index contributed by atoms with van der Waals surface area (Å²) in [6.45, 7) is 5.12. The number of Topliss-reactive ketones (excluding diaryl/α,β-unsaturated/α-hetero) is 1. The fourth-order valence-corrected chi connectivity index (χ4v) is 3.22. The number of ether oxygens (including phenoxy) is 2. The Morgan fingerprint density at radius 3 is 2.48 bits per heavy atom. The second-order valence-corrected chi connectivity index (χ2v) is 5.55. The molecule has 0 aromatic carbocycles. The summed E-state index contributed by atoms with van der Waals surface area (Å²) in [5, 5.41) is 4.25. The molecule has 0 atom stereocenters. The highest BCUT2D eigenvalue weighted by atomic mass is 16.5. The van der Waals surface area contributed by atoms with Crippen LogP contribution in [0.25, 0.3) is 0 Å². The molecule has 0 saturated heterocycles. The number of methoxy groups -OCH3 is 1. The van der Waals surface area contributed by atoms with Crippen LogP contribution in [0.5, 0.6) is 5.75 Å². The molecule has 0 radical (unpaired) electrons. The Labute approximate surface area is 126 Å². The molecule has 0 unspecified atom stereocenters. The highest BCUT2D eigenvalue weighted by molar-refractivity contribution is 6.03. The van der Waals surface area contributed by atoms with Gasteiger partial charge in [-0.2, -0.15) is 5.10 Å². The van der Waals surface area contributed by atoms with Crippen LogP contribution in [0, 0.1) is 0 Å². The number of carbonyl (C=O) groups is 1. The first-order valence-corrected chi connectivity index (χ1v) is 7.97. The molecule has 5 nitrogen and oxygen atoms in total. The predicted octanol–water partition coefficient (Wildman–Crippen LogP) is 3.22. The Balaban J connectivity index is 2.40. The lowest BCUT2D eigenvalue weighted by Crippen LogP contribution is -2.42. The van der Waals surface area contributed by atoms with E-state index in [4.69, 9.17) is 9.47 Å². The Morgan fingerprint density at radius 1 is 1.29 bits per heavy atom. The van der Waals surface area contributed by atoms with Gasteiger partial charge in [0, 0.05) is 13.2 Å². The summed E-state index contributed by atoms with van der Waals surface area (Å²) in [5.74, 6) is 0.577. The van der Waals surface area contributed by atoms with Crippen molar-refractivity contribution in [3.8, 4) is 5.75 Å². The van der Waals surface area contributed by atoms with Crippen molar-refractivity contribution in [3.63, 3.8) is 0 Å². The summed E-state index contributed by atoms with van der Waals surface area (Å²) in [6.07, 6.45) is 7.61. The van der Waals surface area contributed by atoms with Crippen LogP contribution in [0.4, 0.5) is 0 Å². The lowest BCUT2D eigenvalue weighted by molar-refractivity contribution is -0.0300. The zero-order valence-electron chi connectivity index (χ0n) is 13.4. The van der Waals surface area contributed by atoms with E-state index in [-0.39, 0.29) is 5.78 Å². The van der Waals surface area contributed by atoms with Gasteiger partial charge in [0.05, 0.1) is 13.3 Å². The van der Waals surface area contributed by atoms with Crippen molar-refractivity contribution in [1.29, 1.82) is 0 Å². The van der Waals surface area contributed by atoms with E-state index in [9.17, 15) is 4.79 Å². The number of rotatable bonds is 6. The molecule has 0 N–H and O–H groups in total. The molecule has 1 aliphatic rings. The minimum atomic E-state index is -0.703. The fourth-order valence-electron chi connectivity index (χ4n) is 3.22. The number of ketones is 1. The Bertz CT molecular complexity index is 452. The molecule has 0 bridgehead atoms. The summed E-state index contributed by atoms with van der Waals surface area (Å²) < 4.78 is 13.0. The molecule has 1 aliphatic carbocycles. The maximum absolute atomic E-state index is 13.2. The van der Waals surface area contributed by atoms with Gasteiger partial charge >= 0.3 is 0 Å².